The molecule has 0 amide bonds. The molecule has 48 valence electrons. The lowest BCUT2D eigenvalue weighted by Gasteiger charge is -2.09. The summed E-state index contributed by atoms with van der Waals surface area (Å²) in [5, 5.41) is 0. The smallest absolute Gasteiger partial charge is 0.0736 e. The van der Waals surface area contributed by atoms with Gasteiger partial charge in [-0.05, 0) is 12.6 Å². The zero-order chi connectivity index (χ0) is 5.98. The van der Waals surface area contributed by atoms with E-state index in [9.17, 15) is 0 Å². The van der Waals surface area contributed by atoms with Crippen molar-refractivity contribution in [2.75, 3.05) is 13.3 Å². The molecule has 1 aliphatic rings. The maximum atomic E-state index is 5.18. The van der Waals surface area contributed by atoms with Gasteiger partial charge in [-0.15, -0.1) is 8.58 Å². The van der Waals surface area contributed by atoms with Crippen LogP contribution in [-0.2, 0) is 4.74 Å². The fourth-order valence-corrected chi connectivity index (χ4v) is 3.34. The fraction of sp³-hybridized carbons (Fsp3) is 1.00. The van der Waals surface area contributed by atoms with E-state index >= 15 is 0 Å². The molecule has 1 fully saturated rings. The van der Waals surface area contributed by atoms with Crippen molar-refractivity contribution in [2.24, 2.45) is 0 Å². The average Bonchev–Trinajstić information content (AvgIpc) is 2.14. The van der Waals surface area contributed by atoms with Gasteiger partial charge in [-0.1, -0.05) is 15.9 Å². The maximum Gasteiger partial charge on any atom is 0.0736 e. The lowest BCUT2D eigenvalue weighted by atomic mass is 10.3. The summed E-state index contributed by atoms with van der Waals surface area (Å²) in [6.07, 6.45) is 3.08. The molecule has 1 rings (SSSR count). The zero-order valence-electron chi connectivity index (χ0n) is 4.86. The van der Waals surface area contributed by atoms with E-state index in [1.54, 1.807) is 7.11 Å². The Morgan fingerprint density at radius 1 is 1.75 bits per heavy atom. The Morgan fingerprint density at radius 2 is 2.50 bits per heavy atom. The monoisotopic (exact) mass is 196 g/mol. The van der Waals surface area contributed by atoms with Crippen LogP contribution in [0.25, 0.3) is 0 Å². The van der Waals surface area contributed by atoms with E-state index in [4.69, 9.17) is 4.74 Å². The van der Waals surface area contributed by atoms with E-state index in [1.165, 1.54) is 12.6 Å². The zero-order valence-corrected chi connectivity index (χ0v) is 7.44. The van der Waals surface area contributed by atoms with Gasteiger partial charge in [0, 0.05) is 7.11 Å². The Hall–Kier alpha value is 0.870. The topological polar surface area (TPSA) is 9.23 Å². The summed E-state index contributed by atoms with van der Waals surface area (Å²) in [6.45, 7) is 0. The van der Waals surface area contributed by atoms with Gasteiger partial charge in [-0.2, -0.15) is 0 Å². The van der Waals surface area contributed by atoms with Gasteiger partial charge >= 0.3 is 0 Å². The number of rotatable bonds is 1. The van der Waals surface area contributed by atoms with Crippen LogP contribution in [0.2, 0.25) is 0 Å². The molecule has 0 aromatic heterocycles. The molecule has 0 radical (unpaired) electrons. The minimum Gasteiger partial charge on any atom is -0.380 e. The van der Waals surface area contributed by atoms with Crippen LogP contribution in [0.15, 0.2) is 0 Å². The first-order valence-electron chi connectivity index (χ1n) is 2.75. The molecule has 0 bridgehead atoms. The number of alkyl halides is 1. The third-order valence-corrected chi connectivity index (χ3v) is 4.30. The van der Waals surface area contributed by atoms with Crippen molar-refractivity contribution in [2.45, 2.75) is 17.1 Å². The van der Waals surface area contributed by atoms with Crippen molar-refractivity contribution in [3.05, 3.63) is 0 Å². The molecule has 3 unspecified atom stereocenters. The second kappa shape index (κ2) is 3.14. The SMILES string of the molecule is COC1CCPC1Br. The van der Waals surface area contributed by atoms with Crippen molar-refractivity contribution in [1.82, 2.24) is 0 Å². The van der Waals surface area contributed by atoms with Gasteiger partial charge in [-0.25, -0.2) is 0 Å². The van der Waals surface area contributed by atoms with Crippen molar-refractivity contribution >= 4 is 24.5 Å². The third kappa shape index (κ3) is 1.43. The highest BCUT2D eigenvalue weighted by Gasteiger charge is 2.23. The van der Waals surface area contributed by atoms with E-state index in [0.29, 0.717) is 10.7 Å². The summed E-state index contributed by atoms with van der Waals surface area (Å²) in [6, 6.07) is 0. The quantitative estimate of drug-likeness (QED) is 0.460. The molecule has 0 spiro atoms. The first-order valence-corrected chi connectivity index (χ1v) is 4.95. The van der Waals surface area contributed by atoms with Crippen LogP contribution < -0.4 is 0 Å². The van der Waals surface area contributed by atoms with Gasteiger partial charge in [-0.3, -0.25) is 0 Å². The van der Waals surface area contributed by atoms with Gasteiger partial charge in [0.2, 0.25) is 0 Å². The molecule has 0 saturated carbocycles. The number of hydrogen-bond acceptors (Lipinski definition) is 1. The Labute approximate surface area is 60.1 Å². The summed E-state index contributed by atoms with van der Waals surface area (Å²) in [4.78, 5) is 0. The number of hydrogen-bond donors (Lipinski definition) is 0. The molecule has 1 aliphatic heterocycles. The van der Waals surface area contributed by atoms with Crippen LogP contribution in [0, 0.1) is 0 Å². The molecule has 1 saturated heterocycles. The molecule has 0 N–H and O–H groups in total. The van der Waals surface area contributed by atoms with E-state index < -0.39 is 0 Å². The molecule has 1 heterocycles. The van der Waals surface area contributed by atoms with Crippen LogP contribution in [0.5, 0.6) is 0 Å². The van der Waals surface area contributed by atoms with Crippen LogP contribution in [0.1, 0.15) is 6.42 Å². The van der Waals surface area contributed by atoms with E-state index in [0.717, 1.165) is 8.58 Å². The van der Waals surface area contributed by atoms with Gasteiger partial charge in [0.25, 0.3) is 0 Å². The van der Waals surface area contributed by atoms with Crippen molar-refractivity contribution in [3.63, 3.8) is 0 Å². The van der Waals surface area contributed by atoms with E-state index in [1.807, 2.05) is 0 Å². The molecule has 3 heteroatoms. The minimum absolute atomic E-state index is 0.494. The van der Waals surface area contributed by atoms with Crippen molar-refractivity contribution in [3.8, 4) is 0 Å². The van der Waals surface area contributed by atoms with Gasteiger partial charge < -0.3 is 4.74 Å². The molecular formula is C5H10BrOP. The molecule has 1 nitrogen and oxygen atoms in total. The lowest BCUT2D eigenvalue weighted by Crippen LogP contribution is -2.12. The first-order chi connectivity index (χ1) is 3.84. The molecule has 0 aliphatic carbocycles. The van der Waals surface area contributed by atoms with Gasteiger partial charge in [0.15, 0.2) is 0 Å². The summed E-state index contributed by atoms with van der Waals surface area (Å²) in [5.41, 5.74) is 0. The van der Waals surface area contributed by atoms with E-state index in [2.05, 4.69) is 15.9 Å². The summed E-state index contributed by atoms with van der Waals surface area (Å²) in [7, 11) is 2.85. The molecule has 8 heavy (non-hydrogen) atoms. The number of halogens is 1. The molecule has 0 aromatic rings. The van der Waals surface area contributed by atoms with E-state index in [-0.39, 0.29) is 0 Å². The molecule has 3 atom stereocenters. The number of ether oxygens (including phenoxy) is 1. The van der Waals surface area contributed by atoms with Crippen LogP contribution in [0.3, 0.4) is 0 Å². The lowest BCUT2D eigenvalue weighted by molar-refractivity contribution is 0.120. The second-order valence-corrected chi connectivity index (χ2v) is 5.28. The molecule has 0 aromatic carbocycles. The summed E-state index contributed by atoms with van der Waals surface area (Å²) >= 11 is 3.55. The summed E-state index contributed by atoms with van der Waals surface area (Å²) in [5.74, 6) is 0. The maximum absolute atomic E-state index is 5.18. The fourth-order valence-electron chi connectivity index (χ4n) is 0.879. The largest absolute Gasteiger partial charge is 0.380 e. The Balaban J connectivity index is 2.30. The second-order valence-electron chi connectivity index (χ2n) is 1.92. The summed E-state index contributed by atoms with van der Waals surface area (Å²) < 4.78 is 5.83. The number of methoxy groups -OCH3 is 1. The van der Waals surface area contributed by atoms with Crippen LogP contribution in [0.4, 0.5) is 0 Å². The Morgan fingerprint density at radius 3 is 2.75 bits per heavy atom. The minimum atomic E-state index is 0.494. The highest BCUT2D eigenvalue weighted by Crippen LogP contribution is 2.38. The van der Waals surface area contributed by atoms with Gasteiger partial charge in [0.1, 0.15) is 0 Å². The standard InChI is InChI=1S/C5H10BrOP/c1-7-4-2-3-8-5(4)6/h4-5,8H,2-3H2,1H3. The van der Waals surface area contributed by atoms with Crippen molar-refractivity contribution in [1.29, 1.82) is 0 Å². The highest BCUT2D eigenvalue weighted by atomic mass is 79.9. The highest BCUT2D eigenvalue weighted by molar-refractivity contribution is 9.10. The predicted molar refractivity (Wildman–Crippen MR) is 41.3 cm³/mol. The normalized spacial score (nSPS) is 41.2. The van der Waals surface area contributed by atoms with Gasteiger partial charge in [0.05, 0.1) is 10.7 Å². The Bertz CT molecular complexity index is 78.8. The predicted octanol–water partition coefficient (Wildman–Crippen LogP) is 1.80. The third-order valence-electron chi connectivity index (χ3n) is 1.40. The Kier molecular flexibility index (Phi) is 2.74. The average molecular weight is 197 g/mol. The molecular weight excluding hydrogens is 187 g/mol. The van der Waals surface area contributed by atoms with Crippen LogP contribution in [-0.4, -0.2) is 23.9 Å². The van der Waals surface area contributed by atoms with Crippen LogP contribution >= 0.6 is 24.5 Å². The van der Waals surface area contributed by atoms with Crippen molar-refractivity contribution < 1.29 is 4.74 Å². The first kappa shape index (κ1) is 6.98.